The van der Waals surface area contributed by atoms with Gasteiger partial charge in [-0.1, -0.05) is 38.4 Å². The predicted molar refractivity (Wildman–Crippen MR) is 200 cm³/mol. The van der Waals surface area contributed by atoms with Crippen LogP contribution in [0.3, 0.4) is 0 Å². The predicted octanol–water partition coefficient (Wildman–Crippen LogP) is 5.50. The molecule has 15 heteroatoms. The van der Waals surface area contributed by atoms with Crippen LogP contribution in [0, 0.1) is 5.41 Å². The van der Waals surface area contributed by atoms with Gasteiger partial charge < -0.3 is 35.6 Å². The normalized spacial score (nSPS) is 15.4. The first kappa shape index (κ1) is 39.1. The minimum absolute atomic E-state index is 0. The average Bonchev–Trinajstić information content (AvgIpc) is 3.60. The number of pyridine rings is 1. The van der Waals surface area contributed by atoms with E-state index in [1.165, 1.54) is 13.4 Å². The number of benzene rings is 2. The highest BCUT2D eigenvalue weighted by molar-refractivity contribution is 6.32. The molecule has 1 aliphatic heterocycles. The van der Waals surface area contributed by atoms with Crippen molar-refractivity contribution in [2.45, 2.75) is 65.3 Å². The Morgan fingerprint density at radius 1 is 1.06 bits per heavy atom. The highest BCUT2D eigenvalue weighted by atomic mass is 35.5. The van der Waals surface area contributed by atoms with E-state index in [4.69, 9.17) is 21.1 Å². The van der Waals surface area contributed by atoms with Gasteiger partial charge in [-0.15, -0.1) is 12.4 Å². The molecule has 0 aliphatic carbocycles. The number of nitrogens with zero attached hydrogens (tertiary/aromatic N) is 4. The van der Waals surface area contributed by atoms with E-state index in [0.717, 1.165) is 5.69 Å². The lowest BCUT2D eigenvalue weighted by Crippen LogP contribution is -2.59. The second-order valence-electron chi connectivity index (χ2n) is 13.2. The van der Waals surface area contributed by atoms with Crippen LogP contribution in [0.2, 0.25) is 5.02 Å². The van der Waals surface area contributed by atoms with Crippen LogP contribution in [0.15, 0.2) is 61.1 Å². The quantitative estimate of drug-likeness (QED) is 0.146. The number of likely N-dealkylation sites (tertiary alicyclic amines) is 1. The minimum atomic E-state index is -0.824. The Morgan fingerprint density at radius 2 is 1.84 bits per heavy atom. The number of amides is 3. The van der Waals surface area contributed by atoms with Gasteiger partial charge in [0.15, 0.2) is 0 Å². The van der Waals surface area contributed by atoms with Gasteiger partial charge in [-0.05, 0) is 68.6 Å². The zero-order valence-corrected chi connectivity index (χ0v) is 31.0. The zero-order chi connectivity index (χ0) is 36.0. The Morgan fingerprint density at radius 3 is 2.51 bits per heavy atom. The van der Waals surface area contributed by atoms with Crippen molar-refractivity contribution in [2.75, 3.05) is 31.3 Å². The summed E-state index contributed by atoms with van der Waals surface area (Å²) < 4.78 is 11.5. The molecule has 1 fully saturated rings. The summed E-state index contributed by atoms with van der Waals surface area (Å²) in [5.41, 5.74) is 1.82. The Balaban J connectivity index is 0.00000583. The molecule has 0 spiro atoms. The molecule has 5 rings (SSSR count). The molecule has 3 amide bonds. The first-order valence-electron chi connectivity index (χ1n) is 16.4. The third kappa shape index (κ3) is 9.34. The van der Waals surface area contributed by atoms with Gasteiger partial charge in [0, 0.05) is 29.9 Å². The number of rotatable bonds is 12. The van der Waals surface area contributed by atoms with Crippen LogP contribution < -0.4 is 30.7 Å². The molecule has 0 saturated carbocycles. The summed E-state index contributed by atoms with van der Waals surface area (Å²) >= 11 is 6.55. The molecule has 4 N–H and O–H groups in total. The lowest BCUT2D eigenvalue weighted by atomic mass is 9.85. The minimum Gasteiger partial charge on any atom is -0.494 e. The van der Waals surface area contributed by atoms with E-state index in [-0.39, 0.29) is 36.7 Å². The standard InChI is InChI=1S/C36H43ClN8O5.ClH/c1-21(38-5)33(46)44-31(36(2,3)4)35(48)45-15-9-11-28(45)34(47)43-27-17-24-26(18-30(27)49-6)40-20-41-32(24)42-22-12-13-29(25(37)16-22)50-19-23-10-7-8-14-39-23;/h7-8,10,12-14,16-18,20-21,28,31,38H,9,11,15,19H2,1-6H3,(H,43,47)(H,44,46)(H,40,41,42);1H/t21-,28?,31+;/m0./s1. The van der Waals surface area contributed by atoms with Gasteiger partial charge in [-0.3, -0.25) is 19.4 Å². The molecule has 3 heterocycles. The van der Waals surface area contributed by atoms with Gasteiger partial charge in [-0.2, -0.15) is 0 Å². The van der Waals surface area contributed by atoms with Gasteiger partial charge in [0.1, 0.15) is 42.3 Å². The number of hydrogen-bond donors (Lipinski definition) is 4. The van der Waals surface area contributed by atoms with Gasteiger partial charge in [-0.25, -0.2) is 9.97 Å². The van der Waals surface area contributed by atoms with Crippen molar-refractivity contribution < 1.29 is 23.9 Å². The molecule has 2 aromatic carbocycles. The van der Waals surface area contributed by atoms with E-state index in [1.54, 1.807) is 49.3 Å². The molecular formula is C36H44Cl2N8O5. The number of methoxy groups -OCH3 is 1. The molecule has 1 aliphatic rings. The van der Waals surface area contributed by atoms with Crippen LogP contribution in [-0.4, -0.2) is 76.4 Å². The Kier molecular flexibility index (Phi) is 13.0. The van der Waals surface area contributed by atoms with E-state index >= 15 is 0 Å². The van der Waals surface area contributed by atoms with Gasteiger partial charge >= 0.3 is 0 Å². The second kappa shape index (κ2) is 17.0. The number of hydrogen-bond acceptors (Lipinski definition) is 10. The summed E-state index contributed by atoms with van der Waals surface area (Å²) in [6.07, 6.45) is 4.25. The van der Waals surface area contributed by atoms with Crippen LogP contribution in [0.5, 0.6) is 11.5 Å². The van der Waals surface area contributed by atoms with Crippen LogP contribution in [-0.2, 0) is 21.0 Å². The second-order valence-corrected chi connectivity index (χ2v) is 13.6. The molecule has 0 bridgehead atoms. The Bertz CT molecular complexity index is 1860. The first-order valence-corrected chi connectivity index (χ1v) is 16.8. The maximum atomic E-state index is 13.9. The van der Waals surface area contributed by atoms with Crippen molar-refractivity contribution in [1.29, 1.82) is 0 Å². The first-order chi connectivity index (χ1) is 23.9. The molecule has 3 atom stereocenters. The lowest BCUT2D eigenvalue weighted by molar-refractivity contribution is -0.143. The molecule has 0 radical (unpaired) electrons. The van der Waals surface area contributed by atoms with Crippen LogP contribution in [0.25, 0.3) is 10.9 Å². The third-order valence-electron chi connectivity index (χ3n) is 8.58. The Labute approximate surface area is 308 Å². The smallest absolute Gasteiger partial charge is 0.247 e. The molecule has 51 heavy (non-hydrogen) atoms. The van der Waals surface area contributed by atoms with Crippen LogP contribution in [0.1, 0.15) is 46.2 Å². The summed E-state index contributed by atoms with van der Waals surface area (Å²) in [7, 11) is 3.19. The number of halogens is 2. The van der Waals surface area contributed by atoms with Gasteiger partial charge in [0.2, 0.25) is 17.7 Å². The topological polar surface area (TPSA) is 160 Å². The van der Waals surface area contributed by atoms with Crippen LogP contribution >= 0.6 is 24.0 Å². The summed E-state index contributed by atoms with van der Waals surface area (Å²) in [4.78, 5) is 55.2. The zero-order valence-electron chi connectivity index (χ0n) is 29.5. The number of carbonyl (C=O) groups is 3. The number of likely N-dealkylation sites (N-methyl/N-ethyl adjacent to an activating group) is 1. The van der Waals surface area contributed by atoms with E-state index in [9.17, 15) is 14.4 Å². The highest BCUT2D eigenvalue weighted by Crippen LogP contribution is 2.35. The van der Waals surface area contributed by atoms with Crippen molar-refractivity contribution >= 4 is 69.8 Å². The summed E-state index contributed by atoms with van der Waals surface area (Å²) in [6, 6.07) is 12.3. The highest BCUT2D eigenvalue weighted by Gasteiger charge is 2.42. The molecule has 2 aromatic heterocycles. The number of carbonyl (C=O) groups excluding carboxylic acids is 3. The van der Waals surface area contributed by atoms with E-state index in [1.807, 2.05) is 45.0 Å². The summed E-state index contributed by atoms with van der Waals surface area (Å²) in [5, 5.41) is 13.1. The van der Waals surface area contributed by atoms with Crippen molar-refractivity contribution in [1.82, 2.24) is 30.5 Å². The summed E-state index contributed by atoms with van der Waals surface area (Å²) in [6.45, 7) is 8.06. The van der Waals surface area contributed by atoms with E-state index < -0.39 is 23.5 Å². The third-order valence-corrected chi connectivity index (χ3v) is 8.87. The average molecular weight is 740 g/mol. The van der Waals surface area contributed by atoms with Crippen molar-refractivity contribution in [3.8, 4) is 11.5 Å². The van der Waals surface area contributed by atoms with Crippen molar-refractivity contribution in [3.63, 3.8) is 0 Å². The van der Waals surface area contributed by atoms with Crippen LogP contribution in [0.4, 0.5) is 17.2 Å². The maximum Gasteiger partial charge on any atom is 0.247 e. The SMILES string of the molecule is CN[C@@H](C)C(=O)N[C@H](C(=O)N1CCCC1C(=O)Nc1cc2c(Nc3ccc(OCc4ccccn4)c(Cl)c3)ncnc2cc1OC)C(C)(C)C.Cl. The number of anilines is 3. The largest absolute Gasteiger partial charge is 0.494 e. The monoisotopic (exact) mass is 738 g/mol. The molecule has 1 unspecified atom stereocenters. The molecule has 272 valence electrons. The molecule has 1 saturated heterocycles. The summed E-state index contributed by atoms with van der Waals surface area (Å²) in [5.74, 6) is 0.418. The van der Waals surface area contributed by atoms with Gasteiger partial charge in [0.25, 0.3) is 0 Å². The van der Waals surface area contributed by atoms with E-state index in [2.05, 4.69) is 36.2 Å². The number of ether oxygens (including phenoxy) is 2. The molecular weight excluding hydrogens is 695 g/mol. The number of aromatic nitrogens is 3. The Hall–Kier alpha value is -4.72. The van der Waals surface area contributed by atoms with Crippen molar-refractivity contribution in [3.05, 3.63) is 71.8 Å². The van der Waals surface area contributed by atoms with E-state index in [0.29, 0.717) is 64.0 Å². The fourth-order valence-electron chi connectivity index (χ4n) is 5.65. The number of nitrogens with one attached hydrogen (secondary N) is 4. The number of fused-ring (bicyclic) bond motifs is 1. The van der Waals surface area contributed by atoms with Gasteiger partial charge in [0.05, 0.1) is 35.1 Å². The lowest BCUT2D eigenvalue weighted by Gasteiger charge is -2.36. The molecule has 4 aromatic rings. The maximum absolute atomic E-state index is 13.9. The van der Waals surface area contributed by atoms with Crippen molar-refractivity contribution in [2.24, 2.45) is 5.41 Å². The molecule has 13 nitrogen and oxygen atoms in total. The fraction of sp³-hybridized carbons (Fsp3) is 0.389. The fourth-order valence-corrected chi connectivity index (χ4v) is 5.88.